The third-order valence-corrected chi connectivity index (χ3v) is 4.64. The van der Waals surface area contributed by atoms with Crippen LogP contribution in [-0.4, -0.2) is 5.78 Å². The van der Waals surface area contributed by atoms with Gasteiger partial charge in [0.25, 0.3) is 0 Å². The van der Waals surface area contributed by atoms with Crippen molar-refractivity contribution >= 4 is 5.78 Å². The molecule has 0 radical (unpaired) electrons. The van der Waals surface area contributed by atoms with Crippen LogP contribution in [0.25, 0.3) is 0 Å². The first kappa shape index (κ1) is 19.9. The highest BCUT2D eigenvalue weighted by Gasteiger charge is 2.30. The summed E-state index contributed by atoms with van der Waals surface area (Å²) in [5.74, 6) is 0.353. The maximum Gasteiger partial charge on any atom is 0.416 e. The highest BCUT2D eigenvalue weighted by Crippen LogP contribution is 2.40. The van der Waals surface area contributed by atoms with Crippen LogP contribution < -0.4 is 0 Å². The van der Waals surface area contributed by atoms with Crippen molar-refractivity contribution in [3.63, 3.8) is 0 Å². The van der Waals surface area contributed by atoms with E-state index in [-0.39, 0.29) is 11.3 Å². The van der Waals surface area contributed by atoms with Gasteiger partial charge in [-0.3, -0.25) is 4.79 Å². The molecule has 1 aliphatic carbocycles. The third-order valence-electron chi connectivity index (χ3n) is 4.64. The molecule has 0 atom stereocenters. The van der Waals surface area contributed by atoms with E-state index in [1.807, 2.05) is 30.3 Å². The van der Waals surface area contributed by atoms with Crippen molar-refractivity contribution in [3.05, 3.63) is 107 Å². The molecule has 1 nitrogen and oxygen atoms in total. The SMILES string of the molecule is Cc1ccccc1.O=C(c1ccc(C2CC2)cc1)c1ccc(C(F)(F)F)cc1. The number of hydrogen-bond donors (Lipinski definition) is 0. The highest BCUT2D eigenvalue weighted by molar-refractivity contribution is 6.09. The molecule has 4 heteroatoms. The van der Waals surface area contributed by atoms with Gasteiger partial charge in [-0.1, -0.05) is 72.3 Å². The largest absolute Gasteiger partial charge is 0.416 e. The van der Waals surface area contributed by atoms with Crippen LogP contribution in [0.3, 0.4) is 0 Å². The lowest BCUT2D eigenvalue weighted by atomic mass is 10.00. The lowest BCUT2D eigenvalue weighted by Gasteiger charge is -2.07. The minimum absolute atomic E-state index is 0.258. The Hall–Kier alpha value is -2.88. The Morgan fingerprint density at radius 2 is 1.29 bits per heavy atom. The van der Waals surface area contributed by atoms with Gasteiger partial charge in [-0.2, -0.15) is 13.2 Å². The molecular weight excluding hydrogens is 361 g/mol. The van der Waals surface area contributed by atoms with Crippen LogP contribution in [0.1, 0.15) is 51.4 Å². The highest BCUT2D eigenvalue weighted by atomic mass is 19.4. The number of ketones is 1. The first-order valence-corrected chi connectivity index (χ1v) is 9.18. The van der Waals surface area contributed by atoms with Crippen molar-refractivity contribution in [2.45, 2.75) is 31.9 Å². The van der Waals surface area contributed by atoms with E-state index in [0.717, 1.165) is 12.1 Å². The molecule has 0 amide bonds. The first-order valence-electron chi connectivity index (χ1n) is 9.18. The Morgan fingerprint density at radius 1 is 0.786 bits per heavy atom. The monoisotopic (exact) mass is 382 g/mol. The summed E-state index contributed by atoms with van der Waals surface area (Å²) in [6, 6.07) is 21.9. The Kier molecular flexibility index (Phi) is 5.98. The van der Waals surface area contributed by atoms with Gasteiger partial charge in [0.15, 0.2) is 5.78 Å². The zero-order valence-corrected chi connectivity index (χ0v) is 15.5. The molecule has 0 aliphatic heterocycles. The number of alkyl halides is 3. The molecular formula is C24H21F3O. The minimum Gasteiger partial charge on any atom is -0.289 e. The lowest BCUT2D eigenvalue weighted by molar-refractivity contribution is -0.137. The fourth-order valence-electron chi connectivity index (χ4n) is 2.83. The number of aryl methyl sites for hydroxylation is 1. The van der Waals surface area contributed by atoms with Gasteiger partial charge in [-0.05, 0) is 43.4 Å². The quantitative estimate of drug-likeness (QED) is 0.455. The summed E-state index contributed by atoms with van der Waals surface area (Å²) in [4.78, 5) is 12.2. The van der Waals surface area contributed by atoms with Gasteiger partial charge >= 0.3 is 6.18 Å². The van der Waals surface area contributed by atoms with Gasteiger partial charge < -0.3 is 0 Å². The average molecular weight is 382 g/mol. The van der Waals surface area contributed by atoms with Crippen LogP contribution in [0.5, 0.6) is 0 Å². The third kappa shape index (κ3) is 5.32. The van der Waals surface area contributed by atoms with E-state index in [0.29, 0.717) is 11.5 Å². The van der Waals surface area contributed by atoms with Gasteiger partial charge in [0.1, 0.15) is 0 Å². The van der Waals surface area contributed by atoms with E-state index in [9.17, 15) is 18.0 Å². The van der Waals surface area contributed by atoms with Crippen molar-refractivity contribution in [3.8, 4) is 0 Å². The molecule has 1 saturated carbocycles. The first-order chi connectivity index (χ1) is 13.3. The summed E-state index contributed by atoms with van der Waals surface area (Å²) in [5, 5.41) is 0. The normalized spacial score (nSPS) is 13.4. The van der Waals surface area contributed by atoms with Crippen molar-refractivity contribution < 1.29 is 18.0 Å². The van der Waals surface area contributed by atoms with E-state index >= 15 is 0 Å². The van der Waals surface area contributed by atoms with Crippen molar-refractivity contribution in [2.75, 3.05) is 0 Å². The van der Waals surface area contributed by atoms with Crippen LogP contribution in [0.2, 0.25) is 0 Å². The number of benzene rings is 3. The molecule has 1 fully saturated rings. The fraction of sp³-hybridized carbons (Fsp3) is 0.208. The van der Waals surface area contributed by atoms with E-state index in [1.165, 1.54) is 36.1 Å². The molecule has 0 N–H and O–H groups in total. The molecule has 3 aromatic carbocycles. The molecule has 0 aromatic heterocycles. The Morgan fingerprint density at radius 3 is 1.68 bits per heavy atom. The molecule has 0 unspecified atom stereocenters. The summed E-state index contributed by atoms with van der Waals surface area (Å²) in [5.41, 5.74) is 2.56. The topological polar surface area (TPSA) is 17.1 Å². The predicted octanol–water partition coefficient (Wildman–Crippen LogP) is 6.81. The van der Waals surface area contributed by atoms with Gasteiger partial charge in [0, 0.05) is 11.1 Å². The second-order valence-corrected chi connectivity index (χ2v) is 6.96. The average Bonchev–Trinajstić information content (AvgIpc) is 3.53. The fourth-order valence-corrected chi connectivity index (χ4v) is 2.83. The molecule has 4 rings (SSSR count). The van der Waals surface area contributed by atoms with E-state index < -0.39 is 11.7 Å². The maximum absolute atomic E-state index is 12.5. The number of hydrogen-bond acceptors (Lipinski definition) is 1. The number of carbonyl (C=O) groups excluding carboxylic acids is 1. The Labute approximate surface area is 162 Å². The smallest absolute Gasteiger partial charge is 0.289 e. The van der Waals surface area contributed by atoms with Gasteiger partial charge in [-0.25, -0.2) is 0 Å². The zero-order valence-electron chi connectivity index (χ0n) is 15.5. The molecule has 3 aromatic rings. The minimum atomic E-state index is -4.38. The summed E-state index contributed by atoms with van der Waals surface area (Å²) in [7, 11) is 0. The van der Waals surface area contributed by atoms with Gasteiger partial charge in [0.05, 0.1) is 5.56 Å². The molecule has 0 bridgehead atoms. The second kappa shape index (κ2) is 8.42. The molecule has 0 spiro atoms. The van der Waals surface area contributed by atoms with Gasteiger partial charge in [0.2, 0.25) is 0 Å². The molecule has 0 saturated heterocycles. The summed E-state index contributed by atoms with van der Waals surface area (Å²) in [6.07, 6.45) is -2.01. The van der Waals surface area contributed by atoms with E-state index in [4.69, 9.17) is 0 Å². The number of rotatable bonds is 3. The van der Waals surface area contributed by atoms with Crippen LogP contribution in [0.4, 0.5) is 13.2 Å². The van der Waals surface area contributed by atoms with Crippen molar-refractivity contribution in [1.29, 1.82) is 0 Å². The number of halogens is 3. The second-order valence-electron chi connectivity index (χ2n) is 6.96. The summed E-state index contributed by atoms with van der Waals surface area (Å²) < 4.78 is 37.5. The molecule has 1 aliphatic rings. The summed E-state index contributed by atoms with van der Waals surface area (Å²) >= 11 is 0. The standard InChI is InChI=1S/C17H13F3O.C7H8/c18-17(19,20)15-9-7-14(8-10-15)16(21)13-5-3-12(4-6-13)11-1-2-11;1-7-5-3-2-4-6-7/h3-11H,1-2H2;2-6H,1H3. The van der Waals surface area contributed by atoms with E-state index in [2.05, 4.69) is 19.1 Å². The van der Waals surface area contributed by atoms with Crippen LogP contribution >= 0.6 is 0 Å². The van der Waals surface area contributed by atoms with Gasteiger partial charge in [-0.15, -0.1) is 0 Å². The van der Waals surface area contributed by atoms with Crippen molar-refractivity contribution in [1.82, 2.24) is 0 Å². The molecule has 144 valence electrons. The Balaban J connectivity index is 0.000000271. The lowest BCUT2D eigenvalue weighted by Crippen LogP contribution is -2.06. The molecule has 28 heavy (non-hydrogen) atoms. The maximum atomic E-state index is 12.5. The van der Waals surface area contributed by atoms with Crippen LogP contribution in [0, 0.1) is 6.92 Å². The van der Waals surface area contributed by atoms with Crippen molar-refractivity contribution in [2.24, 2.45) is 0 Å². The summed E-state index contributed by atoms with van der Waals surface area (Å²) in [6.45, 7) is 2.08. The zero-order chi connectivity index (χ0) is 20.1. The Bertz CT molecular complexity index is 907. The number of carbonyl (C=O) groups is 1. The molecule has 0 heterocycles. The predicted molar refractivity (Wildman–Crippen MR) is 104 cm³/mol. The van der Waals surface area contributed by atoms with E-state index in [1.54, 1.807) is 12.1 Å². The van der Waals surface area contributed by atoms with Crippen LogP contribution in [0.15, 0.2) is 78.9 Å². The van der Waals surface area contributed by atoms with Crippen LogP contribution in [-0.2, 0) is 6.18 Å².